The number of nitrogens with zero attached hydrogens (tertiary/aromatic N) is 4. The first-order chi connectivity index (χ1) is 12.6. The van der Waals surface area contributed by atoms with E-state index in [1.807, 2.05) is 31.3 Å². The lowest BCUT2D eigenvalue weighted by Gasteiger charge is -2.24. The van der Waals surface area contributed by atoms with E-state index in [1.54, 1.807) is 32.8 Å². The lowest BCUT2D eigenvalue weighted by Crippen LogP contribution is -2.46. The van der Waals surface area contributed by atoms with Crippen LogP contribution in [-0.2, 0) is 11.3 Å². The molecule has 1 N–H and O–H groups in total. The van der Waals surface area contributed by atoms with Crippen molar-refractivity contribution >= 4 is 29.2 Å². The Hall–Kier alpha value is -2.54. The summed E-state index contributed by atoms with van der Waals surface area (Å²) in [6.07, 6.45) is 3.88. The van der Waals surface area contributed by atoms with Crippen LogP contribution in [0.3, 0.4) is 0 Å². The molecule has 7 nitrogen and oxygen atoms in total. The fraction of sp³-hybridized carbons (Fsp3) is 0.389. The molecule has 1 saturated heterocycles. The first-order valence-electron chi connectivity index (χ1n) is 8.65. The van der Waals surface area contributed by atoms with Gasteiger partial charge in [-0.2, -0.15) is 5.10 Å². The van der Waals surface area contributed by atoms with Crippen molar-refractivity contribution in [3.05, 3.63) is 47.7 Å². The van der Waals surface area contributed by atoms with Crippen LogP contribution in [0.1, 0.15) is 13.3 Å². The van der Waals surface area contributed by atoms with Crippen molar-refractivity contribution in [2.45, 2.75) is 25.9 Å². The predicted octanol–water partition coefficient (Wildman–Crippen LogP) is 2.37. The van der Waals surface area contributed by atoms with Gasteiger partial charge in [-0.1, -0.05) is 11.6 Å². The Bertz CT molecular complexity index is 747. The molecule has 26 heavy (non-hydrogen) atoms. The average Bonchev–Trinajstić information content (AvgIpc) is 3.26. The van der Waals surface area contributed by atoms with E-state index >= 15 is 0 Å². The van der Waals surface area contributed by atoms with Crippen LogP contribution in [0.25, 0.3) is 0 Å². The van der Waals surface area contributed by atoms with Gasteiger partial charge in [0.25, 0.3) is 0 Å². The van der Waals surface area contributed by atoms with E-state index in [4.69, 9.17) is 11.6 Å². The summed E-state index contributed by atoms with van der Waals surface area (Å²) in [6, 6.07) is 8.62. The molecule has 1 aliphatic heterocycles. The number of benzene rings is 1. The van der Waals surface area contributed by atoms with Crippen molar-refractivity contribution in [3.63, 3.8) is 0 Å². The standard InChI is InChI=1S/C18H22ClN5O2/c1-2-22(10-11-23-9-3-8-20-23)18(26)21-15-12-17(25)24(13-15)16-6-4-14(19)5-7-16/h3-9,15H,2,10-13H2,1H3,(H,21,26). The number of hydrogen-bond acceptors (Lipinski definition) is 3. The molecule has 1 fully saturated rings. The topological polar surface area (TPSA) is 70.5 Å². The summed E-state index contributed by atoms with van der Waals surface area (Å²) in [5, 5.41) is 7.74. The van der Waals surface area contributed by atoms with Crippen LogP contribution in [0, 0.1) is 0 Å². The zero-order valence-electron chi connectivity index (χ0n) is 14.6. The summed E-state index contributed by atoms with van der Waals surface area (Å²) >= 11 is 5.90. The molecule has 0 radical (unpaired) electrons. The zero-order chi connectivity index (χ0) is 18.5. The largest absolute Gasteiger partial charge is 0.333 e. The molecule has 8 heteroatoms. The van der Waals surface area contributed by atoms with Gasteiger partial charge < -0.3 is 15.1 Å². The van der Waals surface area contributed by atoms with Crippen LogP contribution in [0.5, 0.6) is 0 Å². The number of nitrogens with one attached hydrogen (secondary N) is 1. The van der Waals surface area contributed by atoms with Crippen LogP contribution >= 0.6 is 11.6 Å². The van der Waals surface area contributed by atoms with Gasteiger partial charge in [-0.15, -0.1) is 0 Å². The van der Waals surface area contributed by atoms with Crippen molar-refractivity contribution in [1.29, 1.82) is 0 Å². The summed E-state index contributed by atoms with van der Waals surface area (Å²) in [7, 11) is 0. The van der Waals surface area contributed by atoms with Crippen molar-refractivity contribution in [1.82, 2.24) is 20.0 Å². The predicted molar refractivity (Wildman–Crippen MR) is 100 cm³/mol. The number of urea groups is 1. The molecule has 0 spiro atoms. The molecule has 1 atom stereocenters. The number of hydrogen-bond donors (Lipinski definition) is 1. The number of amides is 3. The molecule has 3 rings (SSSR count). The molecule has 0 saturated carbocycles. The third-order valence-electron chi connectivity index (χ3n) is 4.42. The quantitative estimate of drug-likeness (QED) is 0.842. The first kappa shape index (κ1) is 18.3. The summed E-state index contributed by atoms with van der Waals surface area (Å²) in [5.41, 5.74) is 0.794. The molecule has 138 valence electrons. The van der Waals surface area contributed by atoms with Gasteiger partial charge in [0, 0.05) is 49.2 Å². The number of aromatic nitrogens is 2. The maximum Gasteiger partial charge on any atom is 0.317 e. The Morgan fingerprint density at radius 2 is 2.15 bits per heavy atom. The van der Waals surface area contributed by atoms with Gasteiger partial charge in [-0.3, -0.25) is 9.48 Å². The highest BCUT2D eigenvalue weighted by atomic mass is 35.5. The van der Waals surface area contributed by atoms with Gasteiger partial charge in [0.15, 0.2) is 0 Å². The van der Waals surface area contributed by atoms with Gasteiger partial charge in [-0.05, 0) is 37.3 Å². The minimum absolute atomic E-state index is 0.00258. The van der Waals surface area contributed by atoms with Crippen LogP contribution in [-0.4, -0.2) is 52.3 Å². The number of anilines is 1. The minimum Gasteiger partial charge on any atom is -0.333 e. The summed E-state index contributed by atoms with van der Waals surface area (Å²) in [6.45, 7) is 4.18. The lowest BCUT2D eigenvalue weighted by molar-refractivity contribution is -0.117. The van der Waals surface area contributed by atoms with Crippen LogP contribution in [0.4, 0.5) is 10.5 Å². The van der Waals surface area contributed by atoms with Crippen molar-refractivity contribution in [2.24, 2.45) is 0 Å². The van der Waals surface area contributed by atoms with Crippen molar-refractivity contribution < 1.29 is 9.59 Å². The van der Waals surface area contributed by atoms with Crippen LogP contribution in [0.2, 0.25) is 5.02 Å². The summed E-state index contributed by atoms with van der Waals surface area (Å²) in [4.78, 5) is 28.2. The second kappa shape index (κ2) is 8.23. The summed E-state index contributed by atoms with van der Waals surface area (Å²) < 4.78 is 1.79. The molecular formula is C18H22ClN5O2. The van der Waals surface area contributed by atoms with E-state index in [0.717, 1.165) is 5.69 Å². The van der Waals surface area contributed by atoms with Gasteiger partial charge in [0.05, 0.1) is 12.6 Å². The van der Waals surface area contributed by atoms with E-state index < -0.39 is 0 Å². The molecular weight excluding hydrogens is 354 g/mol. The van der Waals surface area contributed by atoms with Crippen LogP contribution < -0.4 is 10.2 Å². The number of rotatable bonds is 6. The summed E-state index contributed by atoms with van der Waals surface area (Å²) in [5.74, 6) is -0.00258. The molecule has 1 aromatic heterocycles. The number of carbonyl (C=O) groups excluding carboxylic acids is 2. The number of likely N-dealkylation sites (N-methyl/N-ethyl adjacent to an activating group) is 1. The second-order valence-corrected chi connectivity index (χ2v) is 6.62. The van der Waals surface area contributed by atoms with Gasteiger partial charge >= 0.3 is 6.03 Å². The van der Waals surface area contributed by atoms with Gasteiger partial charge in [0.2, 0.25) is 5.91 Å². The van der Waals surface area contributed by atoms with Gasteiger partial charge in [0.1, 0.15) is 0 Å². The number of carbonyl (C=O) groups is 2. The maximum atomic E-state index is 12.5. The highest BCUT2D eigenvalue weighted by Crippen LogP contribution is 2.23. The maximum absolute atomic E-state index is 12.5. The SMILES string of the molecule is CCN(CCn1cccn1)C(=O)NC1CC(=O)N(c2ccc(Cl)cc2)C1. The normalized spacial score (nSPS) is 16.8. The van der Waals surface area contributed by atoms with E-state index in [2.05, 4.69) is 10.4 Å². The highest BCUT2D eigenvalue weighted by molar-refractivity contribution is 6.30. The lowest BCUT2D eigenvalue weighted by atomic mass is 10.2. The molecule has 1 aliphatic rings. The molecule has 3 amide bonds. The van der Waals surface area contributed by atoms with Crippen molar-refractivity contribution in [2.75, 3.05) is 24.5 Å². The molecule has 0 bridgehead atoms. The smallest absolute Gasteiger partial charge is 0.317 e. The Morgan fingerprint density at radius 1 is 1.38 bits per heavy atom. The molecule has 1 aromatic carbocycles. The Labute approximate surface area is 157 Å². The average molecular weight is 376 g/mol. The highest BCUT2D eigenvalue weighted by Gasteiger charge is 2.32. The third kappa shape index (κ3) is 4.35. The Balaban J connectivity index is 1.55. The third-order valence-corrected chi connectivity index (χ3v) is 4.67. The molecule has 1 unspecified atom stereocenters. The number of halogens is 1. The van der Waals surface area contributed by atoms with E-state index in [0.29, 0.717) is 37.6 Å². The fourth-order valence-corrected chi connectivity index (χ4v) is 3.13. The Morgan fingerprint density at radius 3 is 2.81 bits per heavy atom. The second-order valence-electron chi connectivity index (χ2n) is 6.18. The van der Waals surface area contributed by atoms with E-state index in [-0.39, 0.29) is 18.0 Å². The molecule has 2 aromatic rings. The van der Waals surface area contributed by atoms with E-state index in [1.165, 1.54) is 0 Å². The van der Waals surface area contributed by atoms with Crippen molar-refractivity contribution in [3.8, 4) is 0 Å². The Kier molecular flexibility index (Phi) is 5.78. The fourth-order valence-electron chi connectivity index (χ4n) is 3.00. The van der Waals surface area contributed by atoms with Crippen LogP contribution in [0.15, 0.2) is 42.7 Å². The van der Waals surface area contributed by atoms with Gasteiger partial charge in [-0.25, -0.2) is 4.79 Å². The van der Waals surface area contributed by atoms with E-state index in [9.17, 15) is 9.59 Å². The zero-order valence-corrected chi connectivity index (χ0v) is 15.4. The first-order valence-corrected chi connectivity index (χ1v) is 9.03. The monoisotopic (exact) mass is 375 g/mol. The molecule has 0 aliphatic carbocycles. The molecule has 2 heterocycles. The minimum atomic E-state index is -0.204.